The molecular formula is C28H32N8O2. The number of imidazole rings is 1. The molecule has 10 nitrogen and oxygen atoms in total. The Kier molecular flexibility index (Phi) is 7.04. The van der Waals surface area contributed by atoms with Crippen molar-refractivity contribution in [3.05, 3.63) is 80.8 Å². The normalized spacial score (nSPS) is 11.6. The van der Waals surface area contributed by atoms with Gasteiger partial charge in [-0.25, -0.2) is 9.78 Å². The fourth-order valence-electron chi connectivity index (χ4n) is 4.91. The predicted octanol–water partition coefficient (Wildman–Crippen LogP) is 3.88. The molecule has 3 aromatic heterocycles. The first-order valence-electron chi connectivity index (χ1n) is 13.1. The third kappa shape index (κ3) is 4.57. The molecule has 0 aliphatic carbocycles. The van der Waals surface area contributed by atoms with Gasteiger partial charge in [0.1, 0.15) is 5.82 Å². The number of aryl methyl sites for hydroxylation is 1. The van der Waals surface area contributed by atoms with Crippen molar-refractivity contribution in [2.75, 3.05) is 0 Å². The summed E-state index contributed by atoms with van der Waals surface area (Å²) >= 11 is 0. The molecule has 3 heterocycles. The largest absolute Gasteiger partial charge is 0.332 e. The molecule has 5 rings (SSSR count). The standard InChI is InChI=1S/C28H32N8O2/c1-5-9-23-29-26-24(27(37)34(6-2)28(38)36(26)16-18(3)4)35(23)17-19-12-14-20(15-13-19)21-10-7-8-11-22(21)25-30-32-33-31-25/h7-8,10-15,18H,5-6,9,16-17H2,1-4H3,(H,30,31,32,33). The number of rotatable bonds is 9. The number of nitrogens with zero attached hydrogens (tertiary/aromatic N) is 7. The second-order valence-corrected chi connectivity index (χ2v) is 9.85. The van der Waals surface area contributed by atoms with Crippen LogP contribution in [0.5, 0.6) is 0 Å². The Hall–Kier alpha value is -4.34. The summed E-state index contributed by atoms with van der Waals surface area (Å²) < 4.78 is 4.97. The first-order chi connectivity index (χ1) is 18.4. The van der Waals surface area contributed by atoms with Crippen LogP contribution in [-0.4, -0.2) is 39.3 Å². The number of aromatic nitrogens is 8. The van der Waals surface area contributed by atoms with Gasteiger partial charge in [0.25, 0.3) is 5.56 Å². The summed E-state index contributed by atoms with van der Waals surface area (Å²) in [6.45, 7) is 9.33. The van der Waals surface area contributed by atoms with Crippen molar-refractivity contribution in [3.8, 4) is 22.5 Å². The Bertz CT molecular complexity index is 1680. The van der Waals surface area contributed by atoms with Crippen LogP contribution in [-0.2, 0) is 26.1 Å². The molecule has 5 aromatic rings. The fraction of sp³-hybridized carbons (Fsp3) is 0.357. The number of aromatic amines is 1. The van der Waals surface area contributed by atoms with Crippen molar-refractivity contribution in [2.45, 2.75) is 60.2 Å². The summed E-state index contributed by atoms with van der Waals surface area (Å²) in [5.41, 5.74) is 4.34. The number of benzene rings is 2. The van der Waals surface area contributed by atoms with Gasteiger partial charge in [0.15, 0.2) is 11.2 Å². The topological polar surface area (TPSA) is 116 Å². The molecule has 0 spiro atoms. The highest BCUT2D eigenvalue weighted by Crippen LogP contribution is 2.30. The van der Waals surface area contributed by atoms with Crippen molar-refractivity contribution in [3.63, 3.8) is 0 Å². The van der Waals surface area contributed by atoms with Crippen LogP contribution in [0.4, 0.5) is 0 Å². The molecule has 0 aliphatic rings. The zero-order chi connectivity index (χ0) is 26.8. The molecule has 0 amide bonds. The molecular weight excluding hydrogens is 480 g/mol. The second-order valence-electron chi connectivity index (χ2n) is 9.85. The minimum atomic E-state index is -0.295. The van der Waals surface area contributed by atoms with E-state index in [1.165, 1.54) is 4.57 Å². The third-order valence-corrected chi connectivity index (χ3v) is 6.65. The lowest BCUT2D eigenvalue weighted by Gasteiger charge is -2.14. The molecule has 2 aromatic carbocycles. The zero-order valence-corrected chi connectivity index (χ0v) is 22.2. The average Bonchev–Trinajstić information content (AvgIpc) is 3.57. The van der Waals surface area contributed by atoms with Crippen LogP contribution in [0.1, 0.15) is 45.5 Å². The van der Waals surface area contributed by atoms with Gasteiger partial charge in [0.2, 0.25) is 5.82 Å². The predicted molar refractivity (Wildman–Crippen MR) is 147 cm³/mol. The molecule has 0 aliphatic heterocycles. The van der Waals surface area contributed by atoms with Gasteiger partial charge in [0.05, 0.1) is 0 Å². The van der Waals surface area contributed by atoms with E-state index in [0.29, 0.717) is 43.0 Å². The van der Waals surface area contributed by atoms with Gasteiger partial charge in [-0.2, -0.15) is 5.21 Å². The zero-order valence-electron chi connectivity index (χ0n) is 22.2. The van der Waals surface area contributed by atoms with Gasteiger partial charge in [-0.1, -0.05) is 69.3 Å². The molecule has 0 atom stereocenters. The summed E-state index contributed by atoms with van der Waals surface area (Å²) in [5.74, 6) is 1.59. The molecule has 0 saturated carbocycles. The highest BCUT2D eigenvalue weighted by molar-refractivity contribution is 5.80. The van der Waals surface area contributed by atoms with Crippen LogP contribution in [0, 0.1) is 5.92 Å². The molecule has 38 heavy (non-hydrogen) atoms. The van der Waals surface area contributed by atoms with E-state index in [1.807, 2.05) is 35.8 Å². The summed E-state index contributed by atoms with van der Waals surface area (Å²) in [6, 6.07) is 16.2. The van der Waals surface area contributed by atoms with Gasteiger partial charge in [-0.05, 0) is 41.2 Å². The van der Waals surface area contributed by atoms with Gasteiger partial charge < -0.3 is 4.57 Å². The Balaban J connectivity index is 1.59. The van der Waals surface area contributed by atoms with Crippen molar-refractivity contribution in [1.82, 2.24) is 39.3 Å². The molecule has 10 heteroatoms. The maximum atomic E-state index is 13.5. The molecule has 0 bridgehead atoms. The van der Waals surface area contributed by atoms with Gasteiger partial charge in [-0.3, -0.25) is 13.9 Å². The van der Waals surface area contributed by atoms with Crippen LogP contribution in [0.25, 0.3) is 33.7 Å². The summed E-state index contributed by atoms with van der Waals surface area (Å²) in [6.07, 6.45) is 1.60. The fourth-order valence-corrected chi connectivity index (χ4v) is 4.91. The summed E-state index contributed by atoms with van der Waals surface area (Å²) in [7, 11) is 0. The molecule has 1 N–H and O–H groups in total. The van der Waals surface area contributed by atoms with E-state index in [1.54, 1.807) is 4.57 Å². The lowest BCUT2D eigenvalue weighted by molar-refractivity contribution is 0.491. The third-order valence-electron chi connectivity index (χ3n) is 6.65. The average molecular weight is 513 g/mol. The van der Waals surface area contributed by atoms with Crippen LogP contribution in [0.3, 0.4) is 0 Å². The van der Waals surface area contributed by atoms with Gasteiger partial charge >= 0.3 is 5.69 Å². The Morgan fingerprint density at radius 3 is 2.29 bits per heavy atom. The van der Waals surface area contributed by atoms with E-state index in [-0.39, 0.29) is 17.2 Å². The number of nitrogens with one attached hydrogen (secondary N) is 1. The maximum absolute atomic E-state index is 13.5. The number of tetrazole rings is 1. The minimum Gasteiger partial charge on any atom is -0.318 e. The van der Waals surface area contributed by atoms with E-state index in [2.05, 4.69) is 65.7 Å². The van der Waals surface area contributed by atoms with Gasteiger partial charge in [0, 0.05) is 31.6 Å². The smallest absolute Gasteiger partial charge is 0.318 e. The molecule has 0 saturated heterocycles. The first kappa shape index (κ1) is 25.3. The van der Waals surface area contributed by atoms with Crippen LogP contribution in [0.15, 0.2) is 58.1 Å². The van der Waals surface area contributed by atoms with Crippen molar-refractivity contribution in [2.24, 2.45) is 5.92 Å². The van der Waals surface area contributed by atoms with Gasteiger partial charge in [-0.15, -0.1) is 10.2 Å². The lowest BCUT2D eigenvalue weighted by atomic mass is 9.98. The monoisotopic (exact) mass is 512 g/mol. The van der Waals surface area contributed by atoms with Crippen molar-refractivity contribution in [1.29, 1.82) is 0 Å². The molecule has 0 radical (unpaired) electrons. The SMILES string of the molecule is CCCc1nc2c(c(=O)n(CC)c(=O)n2CC(C)C)n1Cc1ccc(-c2ccccc2-c2nn[nH]n2)cc1. The van der Waals surface area contributed by atoms with Crippen LogP contribution >= 0.6 is 0 Å². The number of fused-ring (bicyclic) bond motifs is 1. The molecule has 0 unspecified atom stereocenters. The van der Waals surface area contributed by atoms with Crippen molar-refractivity contribution < 1.29 is 0 Å². The number of hydrogen-bond donors (Lipinski definition) is 1. The highest BCUT2D eigenvalue weighted by atomic mass is 16.2. The first-order valence-corrected chi connectivity index (χ1v) is 13.1. The van der Waals surface area contributed by atoms with E-state index >= 15 is 0 Å². The molecule has 0 fully saturated rings. The van der Waals surface area contributed by atoms with E-state index in [0.717, 1.165) is 34.5 Å². The Labute approximate surface area is 220 Å². The summed E-state index contributed by atoms with van der Waals surface area (Å²) in [4.78, 5) is 31.5. The van der Waals surface area contributed by atoms with Crippen molar-refractivity contribution >= 4 is 11.2 Å². The Morgan fingerprint density at radius 2 is 1.66 bits per heavy atom. The van der Waals surface area contributed by atoms with Crippen LogP contribution in [0.2, 0.25) is 0 Å². The van der Waals surface area contributed by atoms with E-state index in [4.69, 9.17) is 4.98 Å². The lowest BCUT2D eigenvalue weighted by Crippen LogP contribution is -2.40. The number of hydrogen-bond acceptors (Lipinski definition) is 6. The van der Waals surface area contributed by atoms with E-state index < -0.39 is 0 Å². The quantitative estimate of drug-likeness (QED) is 0.320. The maximum Gasteiger partial charge on any atom is 0.332 e. The second kappa shape index (κ2) is 10.6. The van der Waals surface area contributed by atoms with E-state index in [9.17, 15) is 9.59 Å². The summed E-state index contributed by atoms with van der Waals surface area (Å²) in [5, 5.41) is 14.5. The van der Waals surface area contributed by atoms with Crippen LogP contribution < -0.4 is 11.2 Å². The molecule has 196 valence electrons. The Morgan fingerprint density at radius 1 is 0.921 bits per heavy atom. The number of H-pyrrole nitrogens is 1. The minimum absolute atomic E-state index is 0.237. The highest BCUT2D eigenvalue weighted by Gasteiger charge is 2.21.